The number of aryl methyl sites for hydroxylation is 1. The highest BCUT2D eigenvalue weighted by Gasteiger charge is 2.22. The number of Topliss-reactive ketones (excluding diaryl/α,β-unsaturated/α-hetero) is 1. The molecule has 0 saturated carbocycles. The van der Waals surface area contributed by atoms with Crippen LogP contribution in [0.5, 0.6) is 0 Å². The summed E-state index contributed by atoms with van der Waals surface area (Å²) in [5.41, 5.74) is 1.30. The minimum absolute atomic E-state index is 0.0363. The number of rotatable bonds is 6. The van der Waals surface area contributed by atoms with Gasteiger partial charge in [-0.25, -0.2) is 13.4 Å². The molecule has 0 unspecified atom stereocenters. The van der Waals surface area contributed by atoms with Crippen molar-refractivity contribution in [3.63, 3.8) is 0 Å². The Balaban J connectivity index is 2.21. The molecule has 0 aliphatic carbocycles. The fraction of sp³-hybridized carbons (Fsp3) is 0.235. The maximum atomic E-state index is 12.7. The van der Waals surface area contributed by atoms with Crippen LogP contribution in [0.25, 0.3) is 0 Å². The lowest BCUT2D eigenvalue weighted by atomic mass is 10.1. The number of aromatic nitrogens is 1. The van der Waals surface area contributed by atoms with Gasteiger partial charge in [-0.1, -0.05) is 30.0 Å². The van der Waals surface area contributed by atoms with Gasteiger partial charge >= 0.3 is 0 Å². The normalized spacial score (nSPS) is 11.2. The zero-order chi connectivity index (χ0) is 18.6. The number of benzene rings is 1. The Morgan fingerprint density at radius 2 is 1.76 bits per heavy atom. The Bertz CT molecular complexity index is 876. The van der Waals surface area contributed by atoms with E-state index in [0.717, 1.165) is 21.6 Å². The van der Waals surface area contributed by atoms with Crippen molar-refractivity contribution in [1.82, 2.24) is 4.98 Å². The number of carbonyl (C=O) groups excluding carboxylic acids is 2. The van der Waals surface area contributed by atoms with Gasteiger partial charge in [0.25, 0.3) is 10.0 Å². The van der Waals surface area contributed by atoms with Crippen molar-refractivity contribution < 1.29 is 18.0 Å². The molecule has 0 aliphatic rings. The fourth-order valence-electron chi connectivity index (χ4n) is 1.99. The predicted molar refractivity (Wildman–Crippen MR) is 98.5 cm³/mol. The highest BCUT2D eigenvalue weighted by molar-refractivity contribution is 8.14. The van der Waals surface area contributed by atoms with E-state index in [-0.39, 0.29) is 21.5 Å². The molecule has 2 rings (SSSR count). The number of hydrogen-bond donors (Lipinski definition) is 0. The number of thioether (sulfide) groups is 1. The number of anilines is 1. The SMILES string of the molecule is CC(=O)SCC(=O)c1ccc(S(=O)(=O)N(C)c2ccc(C)cn2)cc1. The van der Waals surface area contributed by atoms with Gasteiger partial charge in [-0.2, -0.15) is 0 Å². The van der Waals surface area contributed by atoms with Crippen molar-refractivity contribution in [2.24, 2.45) is 0 Å². The molecular formula is C17H18N2O4S2. The summed E-state index contributed by atoms with van der Waals surface area (Å²) in [4.78, 5) is 27.0. The van der Waals surface area contributed by atoms with Crippen molar-refractivity contribution in [1.29, 1.82) is 0 Å². The van der Waals surface area contributed by atoms with Crippen LogP contribution in [0.4, 0.5) is 5.82 Å². The molecule has 132 valence electrons. The van der Waals surface area contributed by atoms with Gasteiger partial charge in [0.05, 0.1) is 10.6 Å². The summed E-state index contributed by atoms with van der Waals surface area (Å²) >= 11 is 0.924. The molecule has 0 spiro atoms. The number of pyridine rings is 1. The third-order valence-electron chi connectivity index (χ3n) is 3.46. The molecule has 0 aliphatic heterocycles. The van der Waals surface area contributed by atoms with Crippen LogP contribution >= 0.6 is 11.8 Å². The van der Waals surface area contributed by atoms with E-state index in [1.807, 2.05) is 6.92 Å². The maximum Gasteiger partial charge on any atom is 0.265 e. The second-order valence-corrected chi connectivity index (χ2v) is 8.52. The maximum absolute atomic E-state index is 12.7. The highest BCUT2D eigenvalue weighted by Crippen LogP contribution is 2.21. The van der Waals surface area contributed by atoms with E-state index < -0.39 is 10.0 Å². The van der Waals surface area contributed by atoms with E-state index in [9.17, 15) is 18.0 Å². The first-order chi connectivity index (χ1) is 11.7. The van der Waals surface area contributed by atoms with Gasteiger partial charge in [0.1, 0.15) is 5.82 Å². The minimum Gasteiger partial charge on any atom is -0.293 e. The summed E-state index contributed by atoms with van der Waals surface area (Å²) in [6.45, 7) is 3.26. The lowest BCUT2D eigenvalue weighted by Crippen LogP contribution is -2.27. The molecule has 2 aromatic rings. The van der Waals surface area contributed by atoms with Crippen LogP contribution in [0.15, 0.2) is 47.5 Å². The van der Waals surface area contributed by atoms with E-state index in [0.29, 0.717) is 11.4 Å². The molecule has 0 radical (unpaired) electrons. The van der Waals surface area contributed by atoms with Crippen LogP contribution < -0.4 is 4.31 Å². The molecule has 1 heterocycles. The summed E-state index contributed by atoms with van der Waals surface area (Å²) in [5.74, 6) is 0.121. The first-order valence-corrected chi connectivity index (χ1v) is 9.82. The quantitative estimate of drug-likeness (QED) is 0.719. The molecule has 0 bridgehead atoms. The Kier molecular flexibility index (Phi) is 5.97. The van der Waals surface area contributed by atoms with Gasteiger partial charge < -0.3 is 0 Å². The van der Waals surface area contributed by atoms with Gasteiger partial charge in [-0.05, 0) is 30.7 Å². The molecule has 0 fully saturated rings. The van der Waals surface area contributed by atoms with E-state index in [4.69, 9.17) is 0 Å². The first-order valence-electron chi connectivity index (χ1n) is 7.40. The van der Waals surface area contributed by atoms with Gasteiger partial charge in [0.15, 0.2) is 10.9 Å². The van der Waals surface area contributed by atoms with Crippen molar-refractivity contribution in [3.05, 3.63) is 53.7 Å². The average molecular weight is 378 g/mol. The number of hydrogen-bond acceptors (Lipinski definition) is 6. The second-order valence-electron chi connectivity index (χ2n) is 5.39. The van der Waals surface area contributed by atoms with Crippen molar-refractivity contribution in [2.45, 2.75) is 18.7 Å². The smallest absolute Gasteiger partial charge is 0.265 e. The Morgan fingerprint density at radius 3 is 2.28 bits per heavy atom. The minimum atomic E-state index is -3.77. The predicted octanol–water partition coefficient (Wildman–Crippen LogP) is 2.68. The molecular weight excluding hydrogens is 360 g/mol. The number of sulfonamides is 1. The van der Waals surface area contributed by atoms with Crippen LogP contribution in [-0.4, -0.2) is 37.1 Å². The van der Waals surface area contributed by atoms with Gasteiger partial charge in [0.2, 0.25) is 0 Å². The molecule has 8 heteroatoms. The topological polar surface area (TPSA) is 84.4 Å². The molecule has 0 N–H and O–H groups in total. The Labute approximate surface area is 151 Å². The van der Waals surface area contributed by atoms with E-state index in [2.05, 4.69) is 4.98 Å². The standard InChI is InChI=1S/C17H18N2O4S2/c1-12-4-9-17(18-10-12)19(3)25(22,23)15-7-5-14(6-8-15)16(21)11-24-13(2)20/h4-10H,11H2,1-3H3. The van der Waals surface area contributed by atoms with Crippen LogP contribution in [-0.2, 0) is 14.8 Å². The van der Waals surface area contributed by atoms with Crippen LogP contribution in [0, 0.1) is 6.92 Å². The number of nitrogens with zero attached hydrogens (tertiary/aromatic N) is 2. The summed E-state index contributed by atoms with van der Waals surface area (Å²) in [7, 11) is -2.35. The second kappa shape index (κ2) is 7.79. The molecule has 6 nitrogen and oxygen atoms in total. The monoisotopic (exact) mass is 378 g/mol. The third kappa shape index (κ3) is 4.67. The van der Waals surface area contributed by atoms with E-state index >= 15 is 0 Å². The molecule has 25 heavy (non-hydrogen) atoms. The van der Waals surface area contributed by atoms with Crippen LogP contribution in [0.2, 0.25) is 0 Å². The summed E-state index contributed by atoms with van der Waals surface area (Å²) in [6.07, 6.45) is 1.59. The molecule has 1 aromatic carbocycles. The number of ketones is 1. The zero-order valence-electron chi connectivity index (χ0n) is 14.1. The average Bonchev–Trinajstić information content (AvgIpc) is 2.59. The lowest BCUT2D eigenvalue weighted by molar-refractivity contribution is -0.109. The zero-order valence-corrected chi connectivity index (χ0v) is 15.7. The first kappa shape index (κ1) is 19.1. The largest absolute Gasteiger partial charge is 0.293 e. The van der Waals surface area contributed by atoms with Crippen molar-refractivity contribution in [2.75, 3.05) is 17.1 Å². The van der Waals surface area contributed by atoms with Crippen molar-refractivity contribution in [3.8, 4) is 0 Å². The summed E-state index contributed by atoms with van der Waals surface area (Å²) in [6, 6.07) is 9.07. The van der Waals surface area contributed by atoms with E-state index in [1.54, 1.807) is 18.3 Å². The molecule has 1 aromatic heterocycles. The molecule has 0 saturated heterocycles. The highest BCUT2D eigenvalue weighted by atomic mass is 32.2. The third-order valence-corrected chi connectivity index (χ3v) is 6.05. The van der Waals surface area contributed by atoms with Crippen molar-refractivity contribution >= 4 is 38.5 Å². The summed E-state index contributed by atoms with van der Waals surface area (Å²) < 4.78 is 26.4. The van der Waals surface area contributed by atoms with Crippen LogP contribution in [0.3, 0.4) is 0 Å². The van der Waals surface area contributed by atoms with E-state index in [1.165, 1.54) is 38.2 Å². The lowest BCUT2D eigenvalue weighted by Gasteiger charge is -2.18. The van der Waals surface area contributed by atoms with Gasteiger partial charge in [0, 0.05) is 25.7 Å². The fourth-order valence-corrected chi connectivity index (χ4v) is 3.64. The van der Waals surface area contributed by atoms with Gasteiger partial charge in [-0.3, -0.25) is 13.9 Å². The summed E-state index contributed by atoms with van der Waals surface area (Å²) in [5, 5.41) is -0.139. The molecule has 0 atom stereocenters. The van der Waals surface area contributed by atoms with Crippen LogP contribution in [0.1, 0.15) is 22.8 Å². The molecule has 0 amide bonds. The number of carbonyl (C=O) groups is 2. The van der Waals surface area contributed by atoms with Gasteiger partial charge in [-0.15, -0.1) is 0 Å². The Hall–Kier alpha value is -2.19. The Morgan fingerprint density at radius 1 is 1.12 bits per heavy atom.